The number of nitrogens with two attached hydrogens (primary N) is 3. The van der Waals surface area contributed by atoms with Crippen molar-refractivity contribution >= 4 is 47.4 Å². The third kappa shape index (κ3) is 12.9. The highest BCUT2D eigenvalue weighted by molar-refractivity contribution is 5.96. The van der Waals surface area contributed by atoms with Gasteiger partial charge in [-0.3, -0.25) is 33.6 Å². The van der Waals surface area contributed by atoms with E-state index < -0.39 is 97.9 Å². The molecule has 3 atom stereocenters. The average molecular weight is 475 g/mol. The van der Waals surface area contributed by atoms with E-state index in [0.717, 1.165) is 0 Å². The SMILES string of the molecule is NC(=O)C[C@H](NC(=O)CNC(=O)[C@@H](N)CC(N)=O)C(=O)NCC(=O)N[C@@H](CC(=O)O)C(=O)O. The highest BCUT2D eigenvalue weighted by atomic mass is 16.4. The first-order valence-corrected chi connectivity index (χ1v) is 9.13. The van der Waals surface area contributed by atoms with Gasteiger partial charge in [0.05, 0.1) is 38.4 Å². The summed E-state index contributed by atoms with van der Waals surface area (Å²) >= 11 is 0. The van der Waals surface area contributed by atoms with Gasteiger partial charge in [0.2, 0.25) is 35.4 Å². The summed E-state index contributed by atoms with van der Waals surface area (Å²) in [6, 6.07) is -4.62. The predicted octanol–water partition coefficient (Wildman–Crippen LogP) is -6.17. The van der Waals surface area contributed by atoms with Crippen LogP contribution in [0, 0.1) is 0 Å². The summed E-state index contributed by atoms with van der Waals surface area (Å²) in [5.74, 6) is -8.90. The molecule has 33 heavy (non-hydrogen) atoms. The number of carbonyl (C=O) groups excluding carboxylic acids is 6. The molecule has 0 heterocycles. The molecule has 0 aromatic rings. The number of hydrogen-bond acceptors (Lipinski definition) is 9. The lowest BCUT2D eigenvalue weighted by atomic mass is 10.1. The molecule has 0 aliphatic rings. The molecule has 0 unspecified atom stereocenters. The molecular weight excluding hydrogens is 450 g/mol. The molecule has 0 fully saturated rings. The van der Waals surface area contributed by atoms with E-state index in [9.17, 15) is 38.4 Å². The van der Waals surface area contributed by atoms with Crippen molar-refractivity contribution < 1.29 is 48.6 Å². The zero-order chi connectivity index (χ0) is 25.7. The van der Waals surface area contributed by atoms with Crippen molar-refractivity contribution in [2.24, 2.45) is 17.2 Å². The van der Waals surface area contributed by atoms with Crippen molar-refractivity contribution in [1.82, 2.24) is 21.3 Å². The lowest BCUT2D eigenvalue weighted by Gasteiger charge is -2.18. The molecule has 0 spiro atoms. The monoisotopic (exact) mass is 475 g/mol. The quantitative estimate of drug-likeness (QED) is 0.107. The van der Waals surface area contributed by atoms with Gasteiger partial charge in [0.25, 0.3) is 0 Å². The fourth-order valence-electron chi connectivity index (χ4n) is 2.17. The maximum atomic E-state index is 12.2. The Morgan fingerprint density at radius 2 is 1.12 bits per heavy atom. The zero-order valence-corrected chi connectivity index (χ0v) is 17.2. The van der Waals surface area contributed by atoms with Gasteiger partial charge in [-0.25, -0.2) is 4.79 Å². The van der Waals surface area contributed by atoms with Crippen LogP contribution in [0.5, 0.6) is 0 Å². The second kappa shape index (κ2) is 13.9. The van der Waals surface area contributed by atoms with Crippen molar-refractivity contribution in [3.63, 3.8) is 0 Å². The molecule has 0 aliphatic heterocycles. The Bertz CT molecular complexity index is 815. The largest absolute Gasteiger partial charge is 0.481 e. The maximum Gasteiger partial charge on any atom is 0.326 e. The van der Waals surface area contributed by atoms with Gasteiger partial charge in [-0.2, -0.15) is 0 Å². The second-order valence-electron chi connectivity index (χ2n) is 6.56. The van der Waals surface area contributed by atoms with Crippen molar-refractivity contribution in [3.05, 3.63) is 0 Å². The summed E-state index contributed by atoms with van der Waals surface area (Å²) in [6.45, 7) is -1.50. The van der Waals surface area contributed by atoms with Crippen molar-refractivity contribution in [1.29, 1.82) is 0 Å². The van der Waals surface area contributed by atoms with Crippen LogP contribution in [-0.2, 0) is 38.4 Å². The highest BCUT2D eigenvalue weighted by Gasteiger charge is 2.26. The number of amides is 6. The smallest absolute Gasteiger partial charge is 0.326 e. The molecule has 0 saturated heterocycles. The number of nitrogens with one attached hydrogen (secondary N) is 4. The normalized spacial score (nSPS) is 12.9. The minimum Gasteiger partial charge on any atom is -0.481 e. The summed E-state index contributed by atoms with van der Waals surface area (Å²) in [5.41, 5.74) is 15.3. The van der Waals surface area contributed by atoms with Gasteiger partial charge < -0.3 is 48.7 Å². The summed E-state index contributed by atoms with van der Waals surface area (Å²) in [4.78, 5) is 91.1. The van der Waals surface area contributed by atoms with Crippen LogP contribution in [0.2, 0.25) is 0 Å². The Morgan fingerprint density at radius 3 is 1.55 bits per heavy atom. The second-order valence-corrected chi connectivity index (χ2v) is 6.56. The fourth-order valence-corrected chi connectivity index (χ4v) is 2.17. The van der Waals surface area contributed by atoms with E-state index in [4.69, 9.17) is 27.4 Å². The van der Waals surface area contributed by atoms with E-state index in [2.05, 4.69) is 10.6 Å². The molecule has 0 radical (unpaired) electrons. The molecule has 6 amide bonds. The fraction of sp³-hybridized carbons (Fsp3) is 0.500. The number of aliphatic carboxylic acids is 2. The number of primary amides is 2. The molecular formula is C16H25N7O10. The van der Waals surface area contributed by atoms with Crippen LogP contribution < -0.4 is 38.5 Å². The molecule has 0 aliphatic carbocycles. The first-order valence-electron chi connectivity index (χ1n) is 9.13. The van der Waals surface area contributed by atoms with E-state index in [1.807, 2.05) is 10.6 Å². The topological polar surface area (TPSA) is 303 Å². The van der Waals surface area contributed by atoms with E-state index in [0.29, 0.717) is 0 Å². The molecule has 17 nitrogen and oxygen atoms in total. The number of rotatable bonds is 15. The third-order valence-corrected chi connectivity index (χ3v) is 3.67. The average Bonchev–Trinajstić information content (AvgIpc) is 2.67. The van der Waals surface area contributed by atoms with Gasteiger partial charge in [-0.05, 0) is 0 Å². The molecule has 17 heteroatoms. The van der Waals surface area contributed by atoms with Crippen LogP contribution in [0.1, 0.15) is 19.3 Å². The van der Waals surface area contributed by atoms with Gasteiger partial charge in [-0.1, -0.05) is 0 Å². The van der Waals surface area contributed by atoms with Crippen LogP contribution in [0.15, 0.2) is 0 Å². The zero-order valence-electron chi connectivity index (χ0n) is 17.2. The van der Waals surface area contributed by atoms with Crippen molar-refractivity contribution in [2.45, 2.75) is 37.4 Å². The van der Waals surface area contributed by atoms with Crippen molar-refractivity contribution in [2.75, 3.05) is 13.1 Å². The third-order valence-electron chi connectivity index (χ3n) is 3.67. The summed E-state index contributed by atoms with van der Waals surface area (Å²) in [5, 5.41) is 25.6. The van der Waals surface area contributed by atoms with Gasteiger partial charge in [-0.15, -0.1) is 0 Å². The minimum atomic E-state index is -1.75. The molecule has 0 bridgehead atoms. The van der Waals surface area contributed by atoms with Crippen LogP contribution in [0.4, 0.5) is 0 Å². The Balaban J connectivity index is 4.83. The lowest BCUT2D eigenvalue weighted by molar-refractivity contribution is -0.147. The van der Waals surface area contributed by atoms with E-state index in [1.165, 1.54) is 0 Å². The highest BCUT2D eigenvalue weighted by Crippen LogP contribution is 1.95. The first kappa shape index (κ1) is 28.7. The Hall–Kier alpha value is -4.28. The van der Waals surface area contributed by atoms with E-state index in [1.54, 1.807) is 0 Å². The molecule has 0 aromatic heterocycles. The minimum absolute atomic E-state index is 0.475. The number of carboxylic acid groups (broad SMARTS) is 2. The molecule has 12 N–H and O–H groups in total. The summed E-state index contributed by atoms with van der Waals surface area (Å²) in [7, 11) is 0. The van der Waals surface area contributed by atoms with Crippen LogP contribution in [0.25, 0.3) is 0 Å². The lowest BCUT2D eigenvalue weighted by Crippen LogP contribution is -2.54. The number of carboxylic acids is 2. The maximum absolute atomic E-state index is 12.2. The van der Waals surface area contributed by atoms with E-state index in [-0.39, 0.29) is 0 Å². The molecule has 0 saturated carbocycles. The Morgan fingerprint density at radius 1 is 0.667 bits per heavy atom. The Labute approximate surface area is 185 Å². The number of hydrogen-bond donors (Lipinski definition) is 9. The Kier molecular flexibility index (Phi) is 12.1. The summed E-state index contributed by atoms with van der Waals surface area (Å²) in [6.07, 6.45) is -2.08. The first-order chi connectivity index (χ1) is 15.2. The van der Waals surface area contributed by atoms with Crippen molar-refractivity contribution in [3.8, 4) is 0 Å². The molecule has 184 valence electrons. The predicted molar refractivity (Wildman–Crippen MR) is 105 cm³/mol. The van der Waals surface area contributed by atoms with Crippen LogP contribution in [0.3, 0.4) is 0 Å². The van der Waals surface area contributed by atoms with Crippen LogP contribution in [-0.4, -0.2) is 88.8 Å². The standard InChI is InChI=1S/C16H25N7O10/c17-6(1-9(18)24)14(30)20-4-11(26)22-7(2-10(19)25)15(31)21-5-12(27)23-8(16(32)33)3-13(28)29/h6-8H,1-5,17H2,(H2,18,24)(H2,19,25)(H,20,30)(H,21,31)(H,22,26)(H,23,27)(H,28,29)(H,32,33)/t6-,7-,8-/m0/s1. The van der Waals surface area contributed by atoms with Gasteiger partial charge in [0, 0.05) is 0 Å². The molecule has 0 aromatic carbocycles. The van der Waals surface area contributed by atoms with Crippen LogP contribution >= 0.6 is 0 Å². The van der Waals surface area contributed by atoms with E-state index >= 15 is 0 Å². The molecule has 0 rings (SSSR count). The van der Waals surface area contributed by atoms with Gasteiger partial charge >= 0.3 is 11.9 Å². The number of carbonyl (C=O) groups is 8. The van der Waals surface area contributed by atoms with Gasteiger partial charge in [0.1, 0.15) is 12.1 Å². The summed E-state index contributed by atoms with van der Waals surface area (Å²) < 4.78 is 0. The van der Waals surface area contributed by atoms with Gasteiger partial charge in [0.15, 0.2) is 0 Å².